The van der Waals surface area contributed by atoms with E-state index in [0.29, 0.717) is 23.8 Å². The van der Waals surface area contributed by atoms with Crippen molar-refractivity contribution in [2.24, 2.45) is 5.73 Å². The summed E-state index contributed by atoms with van der Waals surface area (Å²) >= 11 is 0. The minimum absolute atomic E-state index is 0.104. The van der Waals surface area contributed by atoms with E-state index in [4.69, 9.17) is 5.73 Å². The first-order chi connectivity index (χ1) is 9.58. The molecule has 1 aromatic rings. The van der Waals surface area contributed by atoms with Crippen molar-refractivity contribution in [2.75, 3.05) is 18.4 Å². The number of carbonyl (C=O) groups is 2. The number of piperidine rings is 1. The molecule has 0 spiro atoms. The number of nitrogens with one attached hydrogen (secondary N) is 1. The van der Waals surface area contributed by atoms with Crippen molar-refractivity contribution < 1.29 is 9.59 Å². The molecule has 2 amide bonds. The number of benzene rings is 1. The summed E-state index contributed by atoms with van der Waals surface area (Å²) < 4.78 is 0. The van der Waals surface area contributed by atoms with E-state index in [1.807, 2.05) is 0 Å². The molecule has 3 N–H and O–H groups in total. The van der Waals surface area contributed by atoms with E-state index in [1.165, 1.54) is 6.42 Å². The molecule has 0 aromatic heterocycles. The van der Waals surface area contributed by atoms with E-state index in [2.05, 4.69) is 17.1 Å². The summed E-state index contributed by atoms with van der Waals surface area (Å²) in [4.78, 5) is 25.6. The van der Waals surface area contributed by atoms with Crippen molar-refractivity contribution in [1.29, 1.82) is 0 Å². The first kappa shape index (κ1) is 14.5. The second-order valence-electron chi connectivity index (χ2n) is 5.27. The van der Waals surface area contributed by atoms with Gasteiger partial charge >= 0.3 is 0 Å². The molecule has 1 aliphatic heterocycles. The van der Waals surface area contributed by atoms with Gasteiger partial charge in [-0.1, -0.05) is 18.6 Å². The molecule has 5 heteroatoms. The Morgan fingerprint density at radius 3 is 2.80 bits per heavy atom. The molecule has 108 valence electrons. The Bertz CT molecular complexity index is 502. The molecule has 1 fully saturated rings. The van der Waals surface area contributed by atoms with Crippen molar-refractivity contribution in [1.82, 2.24) is 4.90 Å². The normalized spacial score (nSPS) is 19.6. The Balaban J connectivity index is 1.99. The zero-order chi connectivity index (χ0) is 14.5. The third-order valence-corrected chi connectivity index (χ3v) is 3.75. The molecule has 20 heavy (non-hydrogen) atoms. The van der Waals surface area contributed by atoms with Crippen LogP contribution in [0.2, 0.25) is 0 Å². The quantitative estimate of drug-likeness (QED) is 0.876. The van der Waals surface area contributed by atoms with Gasteiger partial charge in [-0.15, -0.1) is 0 Å². The molecule has 1 heterocycles. The number of amides is 2. The van der Waals surface area contributed by atoms with Gasteiger partial charge in [0.25, 0.3) is 5.91 Å². The lowest BCUT2D eigenvalue weighted by molar-refractivity contribution is -0.118. The smallest absolute Gasteiger partial charge is 0.250 e. The first-order valence-corrected chi connectivity index (χ1v) is 7.00. The van der Waals surface area contributed by atoms with Gasteiger partial charge in [0, 0.05) is 6.04 Å². The molecular weight excluding hydrogens is 254 g/mol. The zero-order valence-corrected chi connectivity index (χ0v) is 11.8. The number of likely N-dealkylation sites (tertiary alicyclic amines) is 1. The van der Waals surface area contributed by atoms with E-state index < -0.39 is 5.91 Å². The van der Waals surface area contributed by atoms with E-state index in [1.54, 1.807) is 24.3 Å². The first-order valence-electron chi connectivity index (χ1n) is 7.00. The Morgan fingerprint density at radius 2 is 2.10 bits per heavy atom. The van der Waals surface area contributed by atoms with Crippen molar-refractivity contribution in [2.45, 2.75) is 32.2 Å². The standard InChI is InChI=1S/C15H21N3O2/c1-11-6-4-5-9-18(11)10-14(19)17-13-8-3-2-7-12(13)15(16)20/h2-3,7-8,11H,4-6,9-10H2,1H3,(H2,16,20)(H,17,19). The molecule has 2 rings (SSSR count). The average Bonchev–Trinajstić information content (AvgIpc) is 2.41. The molecular formula is C15H21N3O2. The Labute approximate surface area is 119 Å². The largest absolute Gasteiger partial charge is 0.366 e. The molecule has 0 aliphatic carbocycles. The van der Waals surface area contributed by atoms with Crippen LogP contribution in [-0.2, 0) is 4.79 Å². The van der Waals surface area contributed by atoms with Crippen LogP contribution in [0.1, 0.15) is 36.5 Å². The van der Waals surface area contributed by atoms with E-state index in [0.717, 1.165) is 19.4 Å². The lowest BCUT2D eigenvalue weighted by Crippen LogP contribution is -2.42. The van der Waals surface area contributed by atoms with Crippen LogP contribution in [0.3, 0.4) is 0 Å². The van der Waals surface area contributed by atoms with Crippen molar-refractivity contribution in [3.63, 3.8) is 0 Å². The minimum Gasteiger partial charge on any atom is -0.366 e. The third-order valence-electron chi connectivity index (χ3n) is 3.75. The highest BCUT2D eigenvalue weighted by atomic mass is 16.2. The van der Waals surface area contributed by atoms with Gasteiger partial charge in [-0.05, 0) is 38.4 Å². The summed E-state index contributed by atoms with van der Waals surface area (Å²) in [7, 11) is 0. The fourth-order valence-electron chi connectivity index (χ4n) is 2.57. The number of anilines is 1. The number of nitrogens with zero attached hydrogens (tertiary/aromatic N) is 1. The molecule has 0 saturated carbocycles. The Morgan fingerprint density at radius 1 is 1.35 bits per heavy atom. The average molecular weight is 275 g/mol. The van der Waals surface area contributed by atoms with Gasteiger partial charge in [-0.25, -0.2) is 0 Å². The van der Waals surface area contributed by atoms with Gasteiger partial charge in [-0.2, -0.15) is 0 Å². The molecule has 0 bridgehead atoms. The van der Waals surface area contributed by atoms with Crippen molar-refractivity contribution in [3.8, 4) is 0 Å². The van der Waals surface area contributed by atoms with Gasteiger partial charge in [0.1, 0.15) is 0 Å². The van der Waals surface area contributed by atoms with Crippen LogP contribution < -0.4 is 11.1 Å². The number of nitrogens with two attached hydrogens (primary N) is 1. The molecule has 5 nitrogen and oxygen atoms in total. The SMILES string of the molecule is CC1CCCCN1CC(=O)Nc1ccccc1C(N)=O. The third kappa shape index (κ3) is 3.57. The number of hydrogen-bond donors (Lipinski definition) is 2. The Hall–Kier alpha value is -1.88. The number of carbonyl (C=O) groups excluding carboxylic acids is 2. The van der Waals surface area contributed by atoms with E-state index in [-0.39, 0.29) is 5.91 Å². The predicted molar refractivity (Wildman–Crippen MR) is 78.5 cm³/mol. The summed E-state index contributed by atoms with van der Waals surface area (Å²) in [5.74, 6) is -0.639. The van der Waals surface area contributed by atoms with Gasteiger partial charge in [-0.3, -0.25) is 14.5 Å². The fraction of sp³-hybridized carbons (Fsp3) is 0.467. The monoisotopic (exact) mass is 275 g/mol. The molecule has 1 saturated heterocycles. The summed E-state index contributed by atoms with van der Waals surface area (Å²) in [6.07, 6.45) is 3.49. The zero-order valence-electron chi connectivity index (χ0n) is 11.8. The molecule has 1 unspecified atom stereocenters. The lowest BCUT2D eigenvalue weighted by atomic mass is 10.0. The van der Waals surface area contributed by atoms with Gasteiger partial charge in [0.05, 0.1) is 17.8 Å². The highest BCUT2D eigenvalue weighted by Crippen LogP contribution is 2.17. The van der Waals surface area contributed by atoms with Crippen LogP contribution in [-0.4, -0.2) is 35.8 Å². The number of rotatable bonds is 4. The number of primary amides is 1. The van der Waals surface area contributed by atoms with Crippen molar-refractivity contribution in [3.05, 3.63) is 29.8 Å². The van der Waals surface area contributed by atoms with E-state index >= 15 is 0 Å². The second-order valence-corrected chi connectivity index (χ2v) is 5.27. The maximum atomic E-state index is 12.1. The Kier molecular flexibility index (Phi) is 4.74. The molecule has 0 radical (unpaired) electrons. The fourth-order valence-corrected chi connectivity index (χ4v) is 2.57. The van der Waals surface area contributed by atoms with Crippen LogP contribution in [0.15, 0.2) is 24.3 Å². The molecule has 1 aromatic carbocycles. The molecule has 1 atom stereocenters. The predicted octanol–water partition coefficient (Wildman–Crippen LogP) is 1.60. The maximum absolute atomic E-state index is 12.1. The summed E-state index contributed by atoms with van der Waals surface area (Å²) in [5.41, 5.74) is 6.12. The minimum atomic E-state index is -0.535. The summed E-state index contributed by atoms with van der Waals surface area (Å²) in [6, 6.07) is 7.23. The summed E-state index contributed by atoms with van der Waals surface area (Å²) in [6.45, 7) is 3.45. The van der Waals surface area contributed by atoms with Crippen LogP contribution >= 0.6 is 0 Å². The van der Waals surface area contributed by atoms with Gasteiger partial charge < -0.3 is 11.1 Å². The number of para-hydroxylation sites is 1. The summed E-state index contributed by atoms with van der Waals surface area (Å²) in [5, 5.41) is 2.78. The number of hydrogen-bond acceptors (Lipinski definition) is 3. The maximum Gasteiger partial charge on any atom is 0.250 e. The van der Waals surface area contributed by atoms with Crippen molar-refractivity contribution >= 4 is 17.5 Å². The molecule has 1 aliphatic rings. The van der Waals surface area contributed by atoms with Crippen LogP contribution in [0, 0.1) is 0 Å². The highest BCUT2D eigenvalue weighted by molar-refractivity contribution is 6.03. The van der Waals surface area contributed by atoms with Gasteiger partial charge in [0.15, 0.2) is 0 Å². The highest BCUT2D eigenvalue weighted by Gasteiger charge is 2.21. The van der Waals surface area contributed by atoms with Crippen LogP contribution in [0.5, 0.6) is 0 Å². The van der Waals surface area contributed by atoms with Crippen LogP contribution in [0.25, 0.3) is 0 Å². The van der Waals surface area contributed by atoms with Crippen LogP contribution in [0.4, 0.5) is 5.69 Å². The van der Waals surface area contributed by atoms with E-state index in [9.17, 15) is 9.59 Å². The second kappa shape index (κ2) is 6.52. The van der Waals surface area contributed by atoms with Gasteiger partial charge in [0.2, 0.25) is 5.91 Å². The lowest BCUT2D eigenvalue weighted by Gasteiger charge is -2.32. The topological polar surface area (TPSA) is 75.4 Å².